The van der Waals surface area contributed by atoms with E-state index in [1.54, 1.807) is 12.3 Å². The number of aromatic nitrogens is 1. The van der Waals surface area contributed by atoms with E-state index in [9.17, 15) is 0 Å². The number of hydrogen-bond donors (Lipinski definition) is 0. The lowest BCUT2D eigenvalue weighted by Crippen LogP contribution is -1.82. The maximum absolute atomic E-state index is 5.76. The Bertz CT molecular complexity index is 255. The van der Waals surface area contributed by atoms with Gasteiger partial charge in [-0.15, -0.1) is 0 Å². The highest BCUT2D eigenvalue weighted by atomic mass is 35.5. The van der Waals surface area contributed by atoms with Crippen molar-refractivity contribution in [3.63, 3.8) is 0 Å². The maximum atomic E-state index is 5.76. The molecule has 0 aliphatic heterocycles. The molecule has 1 nitrogen and oxygen atoms in total. The summed E-state index contributed by atoms with van der Waals surface area (Å²) in [4.78, 5) is 4.01. The molecule has 0 fully saturated rings. The summed E-state index contributed by atoms with van der Waals surface area (Å²) in [5, 5.41) is 0.653. The van der Waals surface area contributed by atoms with Gasteiger partial charge in [-0.05, 0) is 18.6 Å². The van der Waals surface area contributed by atoms with Gasteiger partial charge in [0.25, 0.3) is 0 Å². The Balaban J connectivity index is 3.21. The van der Waals surface area contributed by atoms with Crippen molar-refractivity contribution in [1.29, 1.82) is 0 Å². The van der Waals surface area contributed by atoms with Gasteiger partial charge in [-0.3, -0.25) is 4.98 Å². The highest BCUT2D eigenvalue weighted by Gasteiger charge is 1.94. The molecule has 0 bridgehead atoms. The Morgan fingerprint density at radius 2 is 2.40 bits per heavy atom. The first-order valence-electron chi connectivity index (χ1n) is 2.98. The molecule has 0 aliphatic carbocycles. The molecule has 1 aromatic rings. The first-order valence-corrected chi connectivity index (χ1v) is 3.36. The third kappa shape index (κ3) is 1.36. The zero-order valence-corrected chi connectivity index (χ0v) is 6.52. The van der Waals surface area contributed by atoms with E-state index in [0.29, 0.717) is 5.02 Å². The van der Waals surface area contributed by atoms with Crippen molar-refractivity contribution < 1.29 is 0 Å². The molecule has 0 aliphatic rings. The van der Waals surface area contributed by atoms with Gasteiger partial charge in [0.15, 0.2) is 0 Å². The molecule has 0 saturated carbocycles. The summed E-state index contributed by atoms with van der Waals surface area (Å²) in [6, 6.07) is 1.90. The van der Waals surface area contributed by atoms with Gasteiger partial charge < -0.3 is 0 Å². The normalized spacial score (nSPS) is 9.40. The molecule has 2 heteroatoms. The summed E-state index contributed by atoms with van der Waals surface area (Å²) >= 11 is 5.76. The topological polar surface area (TPSA) is 12.9 Å². The van der Waals surface area contributed by atoms with E-state index >= 15 is 0 Å². The molecule has 1 rings (SSSR count). The van der Waals surface area contributed by atoms with Crippen molar-refractivity contribution in [3.05, 3.63) is 35.1 Å². The van der Waals surface area contributed by atoms with Crippen LogP contribution >= 0.6 is 11.6 Å². The van der Waals surface area contributed by atoms with E-state index in [2.05, 4.69) is 11.6 Å². The fraction of sp³-hybridized carbons (Fsp3) is 0.125. The standard InChI is InChI=1S/C8H8ClN/c1-3-7-4-6(2)10-5-8(7)9/h3-5H,1H2,2H3. The molecule has 0 unspecified atom stereocenters. The number of halogens is 1. The number of aryl methyl sites for hydroxylation is 1. The van der Waals surface area contributed by atoms with Gasteiger partial charge in [-0.2, -0.15) is 0 Å². The van der Waals surface area contributed by atoms with Crippen LogP contribution in [-0.2, 0) is 0 Å². The summed E-state index contributed by atoms with van der Waals surface area (Å²) in [5.74, 6) is 0. The van der Waals surface area contributed by atoms with Crippen LogP contribution in [-0.4, -0.2) is 4.98 Å². The zero-order valence-electron chi connectivity index (χ0n) is 5.76. The third-order valence-electron chi connectivity index (χ3n) is 1.24. The molecule has 0 spiro atoms. The van der Waals surface area contributed by atoms with Gasteiger partial charge >= 0.3 is 0 Å². The number of pyridine rings is 1. The number of nitrogens with zero attached hydrogens (tertiary/aromatic N) is 1. The molecule has 0 saturated heterocycles. The molecular weight excluding hydrogens is 146 g/mol. The van der Waals surface area contributed by atoms with Gasteiger partial charge in [0, 0.05) is 11.9 Å². The monoisotopic (exact) mass is 153 g/mol. The van der Waals surface area contributed by atoms with Crippen LogP contribution in [0.2, 0.25) is 5.02 Å². The van der Waals surface area contributed by atoms with Gasteiger partial charge in [0.1, 0.15) is 0 Å². The van der Waals surface area contributed by atoms with Crippen LogP contribution in [0.1, 0.15) is 11.3 Å². The van der Waals surface area contributed by atoms with Crippen molar-refractivity contribution in [3.8, 4) is 0 Å². The third-order valence-corrected chi connectivity index (χ3v) is 1.56. The smallest absolute Gasteiger partial charge is 0.0661 e. The lowest BCUT2D eigenvalue weighted by molar-refractivity contribution is 1.20. The maximum Gasteiger partial charge on any atom is 0.0661 e. The van der Waals surface area contributed by atoms with Crippen molar-refractivity contribution in [2.24, 2.45) is 0 Å². The summed E-state index contributed by atoms with van der Waals surface area (Å²) in [7, 11) is 0. The van der Waals surface area contributed by atoms with E-state index in [1.807, 2.05) is 13.0 Å². The molecule has 0 N–H and O–H groups in total. The molecule has 1 aromatic heterocycles. The van der Waals surface area contributed by atoms with Crippen LogP contribution in [0.15, 0.2) is 18.8 Å². The minimum atomic E-state index is 0.653. The summed E-state index contributed by atoms with van der Waals surface area (Å²) in [5.41, 5.74) is 1.90. The lowest BCUT2D eigenvalue weighted by Gasteiger charge is -1.96. The highest BCUT2D eigenvalue weighted by Crippen LogP contribution is 2.15. The summed E-state index contributed by atoms with van der Waals surface area (Å²) in [6.07, 6.45) is 3.35. The van der Waals surface area contributed by atoms with Crippen molar-refractivity contribution in [2.75, 3.05) is 0 Å². The average molecular weight is 154 g/mol. The van der Waals surface area contributed by atoms with Crippen LogP contribution in [0.5, 0.6) is 0 Å². The highest BCUT2D eigenvalue weighted by molar-refractivity contribution is 6.31. The van der Waals surface area contributed by atoms with Gasteiger partial charge in [0.2, 0.25) is 0 Å². The van der Waals surface area contributed by atoms with Gasteiger partial charge in [-0.1, -0.05) is 24.3 Å². The molecular formula is C8H8ClN. The van der Waals surface area contributed by atoms with Crippen LogP contribution in [0, 0.1) is 6.92 Å². The van der Waals surface area contributed by atoms with Crippen molar-refractivity contribution in [1.82, 2.24) is 4.98 Å². The van der Waals surface area contributed by atoms with E-state index < -0.39 is 0 Å². The van der Waals surface area contributed by atoms with Crippen LogP contribution in [0.4, 0.5) is 0 Å². The Labute approximate surface area is 65.4 Å². The van der Waals surface area contributed by atoms with Crippen molar-refractivity contribution in [2.45, 2.75) is 6.92 Å². The van der Waals surface area contributed by atoms with Crippen LogP contribution in [0.3, 0.4) is 0 Å². The Morgan fingerprint density at radius 1 is 1.70 bits per heavy atom. The zero-order chi connectivity index (χ0) is 7.56. The predicted octanol–water partition coefficient (Wildman–Crippen LogP) is 2.69. The summed E-state index contributed by atoms with van der Waals surface area (Å²) < 4.78 is 0. The number of hydrogen-bond acceptors (Lipinski definition) is 1. The lowest BCUT2D eigenvalue weighted by atomic mass is 10.2. The Hall–Kier alpha value is -0.820. The Kier molecular flexibility index (Phi) is 2.07. The number of rotatable bonds is 1. The van der Waals surface area contributed by atoms with Crippen LogP contribution < -0.4 is 0 Å². The molecule has 0 atom stereocenters. The largest absolute Gasteiger partial charge is 0.260 e. The predicted molar refractivity (Wildman–Crippen MR) is 44.1 cm³/mol. The van der Waals surface area contributed by atoms with Crippen LogP contribution in [0.25, 0.3) is 6.08 Å². The quantitative estimate of drug-likeness (QED) is 0.605. The average Bonchev–Trinajstić information content (AvgIpc) is 1.94. The molecule has 1 heterocycles. The van der Waals surface area contributed by atoms with E-state index in [1.165, 1.54) is 0 Å². The van der Waals surface area contributed by atoms with Gasteiger partial charge in [-0.25, -0.2) is 0 Å². The molecule has 0 amide bonds. The molecule has 52 valence electrons. The minimum absolute atomic E-state index is 0.653. The fourth-order valence-electron chi connectivity index (χ4n) is 0.721. The molecule has 0 aromatic carbocycles. The first kappa shape index (κ1) is 7.29. The first-order chi connectivity index (χ1) is 4.74. The second-order valence-corrected chi connectivity index (χ2v) is 2.46. The van der Waals surface area contributed by atoms with E-state index in [0.717, 1.165) is 11.3 Å². The second kappa shape index (κ2) is 2.84. The fourth-order valence-corrected chi connectivity index (χ4v) is 0.901. The second-order valence-electron chi connectivity index (χ2n) is 2.05. The van der Waals surface area contributed by atoms with E-state index in [-0.39, 0.29) is 0 Å². The molecule has 0 radical (unpaired) electrons. The summed E-state index contributed by atoms with van der Waals surface area (Å²) in [6.45, 7) is 5.54. The Morgan fingerprint density at radius 3 is 2.90 bits per heavy atom. The van der Waals surface area contributed by atoms with Crippen molar-refractivity contribution >= 4 is 17.7 Å². The molecule has 10 heavy (non-hydrogen) atoms. The SMILES string of the molecule is C=Cc1cc(C)ncc1Cl. The minimum Gasteiger partial charge on any atom is -0.260 e. The van der Waals surface area contributed by atoms with Gasteiger partial charge in [0.05, 0.1) is 5.02 Å². The van der Waals surface area contributed by atoms with E-state index in [4.69, 9.17) is 11.6 Å².